The van der Waals surface area contributed by atoms with Gasteiger partial charge in [-0.1, -0.05) is 29.8 Å². The Kier molecular flexibility index (Phi) is 6.01. The third kappa shape index (κ3) is 5.26. The number of rotatable bonds is 6. The molecule has 0 aliphatic carbocycles. The van der Waals surface area contributed by atoms with Crippen molar-refractivity contribution in [3.05, 3.63) is 68.7 Å². The van der Waals surface area contributed by atoms with Crippen molar-refractivity contribution in [1.29, 1.82) is 0 Å². The summed E-state index contributed by atoms with van der Waals surface area (Å²) in [4.78, 5) is 22.3. The highest BCUT2D eigenvalue weighted by molar-refractivity contribution is 7.99. The van der Waals surface area contributed by atoms with Crippen molar-refractivity contribution in [3.63, 3.8) is 0 Å². The number of hydrogen-bond donors (Lipinski definition) is 1. The van der Waals surface area contributed by atoms with Crippen LogP contribution in [-0.4, -0.2) is 16.6 Å². The Bertz CT molecular complexity index is 720. The van der Waals surface area contributed by atoms with Gasteiger partial charge >= 0.3 is 0 Å². The Morgan fingerprint density at radius 1 is 1.26 bits per heavy atom. The van der Waals surface area contributed by atoms with Crippen molar-refractivity contribution in [1.82, 2.24) is 0 Å². The van der Waals surface area contributed by atoms with Gasteiger partial charge in [-0.25, -0.2) is 0 Å². The number of nitrogens with one attached hydrogen (secondary N) is 1. The van der Waals surface area contributed by atoms with Crippen LogP contribution in [0.1, 0.15) is 11.1 Å². The van der Waals surface area contributed by atoms with Gasteiger partial charge in [0.2, 0.25) is 5.91 Å². The molecule has 1 amide bonds. The van der Waals surface area contributed by atoms with E-state index in [4.69, 9.17) is 11.6 Å². The van der Waals surface area contributed by atoms with E-state index in [2.05, 4.69) is 5.32 Å². The van der Waals surface area contributed by atoms with Gasteiger partial charge in [-0.2, -0.15) is 0 Å². The van der Waals surface area contributed by atoms with E-state index in [0.29, 0.717) is 16.5 Å². The number of amides is 1. The van der Waals surface area contributed by atoms with Gasteiger partial charge in [0.05, 0.1) is 16.4 Å². The predicted octanol–water partition coefficient (Wildman–Crippen LogP) is 4.43. The van der Waals surface area contributed by atoms with E-state index in [-0.39, 0.29) is 17.3 Å². The summed E-state index contributed by atoms with van der Waals surface area (Å²) in [5.41, 5.74) is 2.29. The van der Waals surface area contributed by atoms with E-state index in [0.717, 1.165) is 11.1 Å². The monoisotopic (exact) mass is 350 g/mol. The number of hydrogen-bond acceptors (Lipinski definition) is 4. The van der Waals surface area contributed by atoms with E-state index >= 15 is 0 Å². The van der Waals surface area contributed by atoms with Gasteiger partial charge in [0, 0.05) is 22.9 Å². The molecule has 5 nitrogen and oxygen atoms in total. The molecule has 7 heteroatoms. The lowest BCUT2D eigenvalue weighted by Gasteiger charge is -2.08. The van der Waals surface area contributed by atoms with E-state index < -0.39 is 4.92 Å². The average Bonchev–Trinajstić information content (AvgIpc) is 2.51. The highest BCUT2D eigenvalue weighted by Gasteiger charge is 2.11. The number of carbonyl (C=O) groups is 1. The lowest BCUT2D eigenvalue weighted by Crippen LogP contribution is -2.15. The predicted molar refractivity (Wildman–Crippen MR) is 94.1 cm³/mol. The highest BCUT2D eigenvalue weighted by atomic mass is 35.5. The maximum absolute atomic E-state index is 12.0. The molecule has 2 aromatic rings. The van der Waals surface area contributed by atoms with E-state index in [1.54, 1.807) is 13.0 Å². The molecular weight excluding hydrogens is 336 g/mol. The van der Waals surface area contributed by atoms with E-state index in [1.165, 1.54) is 23.9 Å². The van der Waals surface area contributed by atoms with Crippen LogP contribution in [0.3, 0.4) is 0 Å². The molecule has 23 heavy (non-hydrogen) atoms. The summed E-state index contributed by atoms with van der Waals surface area (Å²) in [5.74, 6) is 0.774. The van der Waals surface area contributed by atoms with Crippen molar-refractivity contribution >= 4 is 40.6 Å². The molecule has 0 unspecified atom stereocenters. The fourth-order valence-corrected chi connectivity index (χ4v) is 2.80. The molecule has 0 saturated carbocycles. The van der Waals surface area contributed by atoms with Crippen LogP contribution in [0, 0.1) is 17.0 Å². The Morgan fingerprint density at radius 2 is 1.96 bits per heavy atom. The number of benzene rings is 2. The summed E-state index contributed by atoms with van der Waals surface area (Å²) in [7, 11) is 0. The summed E-state index contributed by atoms with van der Waals surface area (Å²) in [6.07, 6.45) is 0. The molecule has 0 aliphatic heterocycles. The molecule has 0 aromatic heterocycles. The fraction of sp³-hybridized carbons (Fsp3) is 0.188. The third-order valence-corrected chi connectivity index (χ3v) is 4.38. The van der Waals surface area contributed by atoms with Gasteiger partial charge in [-0.05, 0) is 30.2 Å². The normalized spacial score (nSPS) is 10.3. The molecule has 1 N–H and O–H groups in total. The topological polar surface area (TPSA) is 72.2 Å². The summed E-state index contributed by atoms with van der Waals surface area (Å²) in [6, 6.07) is 11.9. The number of nitrogens with zero attached hydrogens (tertiary/aromatic N) is 1. The molecular formula is C16H15ClN2O3S. The van der Waals surface area contributed by atoms with Crippen molar-refractivity contribution in [3.8, 4) is 0 Å². The first-order valence-electron chi connectivity index (χ1n) is 6.83. The summed E-state index contributed by atoms with van der Waals surface area (Å²) >= 11 is 7.28. The van der Waals surface area contributed by atoms with E-state index in [9.17, 15) is 14.9 Å². The second-order valence-corrected chi connectivity index (χ2v) is 6.35. The zero-order valence-corrected chi connectivity index (χ0v) is 14.0. The lowest BCUT2D eigenvalue weighted by molar-refractivity contribution is -0.384. The minimum absolute atomic E-state index is 0.0419. The summed E-state index contributed by atoms with van der Waals surface area (Å²) in [5, 5.41) is 14.2. The molecule has 0 atom stereocenters. The number of non-ortho nitro benzene ring substituents is 1. The van der Waals surface area contributed by atoms with Crippen molar-refractivity contribution in [2.45, 2.75) is 12.7 Å². The van der Waals surface area contributed by atoms with Crippen LogP contribution in [0.2, 0.25) is 5.02 Å². The quantitative estimate of drug-likeness (QED) is 0.618. The average molecular weight is 351 g/mol. The standard InChI is InChI=1S/C16H15ClN2O3S/c1-11-2-7-14(19(21)22)8-15(11)18-16(20)10-23-9-12-3-5-13(17)6-4-12/h2-8H,9-10H2,1H3,(H,18,20). The van der Waals surface area contributed by atoms with Crippen LogP contribution >= 0.6 is 23.4 Å². The van der Waals surface area contributed by atoms with Crippen LogP contribution in [0.15, 0.2) is 42.5 Å². The third-order valence-electron chi connectivity index (χ3n) is 3.12. The van der Waals surface area contributed by atoms with Crippen molar-refractivity contribution in [2.24, 2.45) is 0 Å². The minimum atomic E-state index is -0.482. The maximum Gasteiger partial charge on any atom is 0.271 e. The molecule has 0 saturated heterocycles. The number of aryl methyl sites for hydroxylation is 1. The number of nitro benzene ring substituents is 1. The van der Waals surface area contributed by atoms with Crippen LogP contribution in [0.25, 0.3) is 0 Å². The molecule has 0 heterocycles. The largest absolute Gasteiger partial charge is 0.325 e. The zero-order chi connectivity index (χ0) is 16.8. The van der Waals surface area contributed by atoms with Crippen LogP contribution in [0.5, 0.6) is 0 Å². The van der Waals surface area contributed by atoms with Crippen LogP contribution in [-0.2, 0) is 10.5 Å². The molecule has 0 radical (unpaired) electrons. The number of halogens is 1. The SMILES string of the molecule is Cc1ccc([N+](=O)[O-])cc1NC(=O)CSCc1ccc(Cl)cc1. The number of anilines is 1. The fourth-order valence-electron chi connectivity index (χ4n) is 1.89. The van der Waals surface area contributed by atoms with Gasteiger partial charge in [-0.3, -0.25) is 14.9 Å². The number of carbonyl (C=O) groups excluding carboxylic acids is 1. The maximum atomic E-state index is 12.0. The minimum Gasteiger partial charge on any atom is -0.325 e. The second kappa shape index (κ2) is 7.99. The second-order valence-electron chi connectivity index (χ2n) is 4.92. The first kappa shape index (κ1) is 17.3. The smallest absolute Gasteiger partial charge is 0.271 e. The number of nitro groups is 1. The van der Waals surface area contributed by atoms with Gasteiger partial charge in [0.1, 0.15) is 0 Å². The zero-order valence-electron chi connectivity index (χ0n) is 12.4. The van der Waals surface area contributed by atoms with Gasteiger partial charge in [-0.15, -0.1) is 11.8 Å². The van der Waals surface area contributed by atoms with Gasteiger partial charge in [0.15, 0.2) is 0 Å². The first-order chi connectivity index (χ1) is 11.0. The van der Waals surface area contributed by atoms with Crippen LogP contribution < -0.4 is 5.32 Å². The molecule has 0 aliphatic rings. The molecule has 0 bridgehead atoms. The molecule has 120 valence electrons. The van der Waals surface area contributed by atoms with Gasteiger partial charge in [0.25, 0.3) is 5.69 Å². The summed E-state index contributed by atoms with van der Waals surface area (Å²) in [6.45, 7) is 1.79. The Balaban J connectivity index is 1.88. The van der Waals surface area contributed by atoms with E-state index in [1.807, 2.05) is 24.3 Å². The molecule has 0 fully saturated rings. The molecule has 2 aromatic carbocycles. The molecule has 2 rings (SSSR count). The summed E-state index contributed by atoms with van der Waals surface area (Å²) < 4.78 is 0. The van der Waals surface area contributed by atoms with Crippen molar-refractivity contribution in [2.75, 3.05) is 11.1 Å². The van der Waals surface area contributed by atoms with Gasteiger partial charge < -0.3 is 5.32 Å². The number of thioether (sulfide) groups is 1. The van der Waals surface area contributed by atoms with Crippen molar-refractivity contribution < 1.29 is 9.72 Å². The Morgan fingerprint density at radius 3 is 2.61 bits per heavy atom. The lowest BCUT2D eigenvalue weighted by atomic mass is 10.2. The first-order valence-corrected chi connectivity index (χ1v) is 8.36. The molecule has 0 spiro atoms. The Hall–Kier alpha value is -2.05. The Labute approximate surface area is 143 Å². The van der Waals surface area contributed by atoms with Crippen LogP contribution in [0.4, 0.5) is 11.4 Å². The highest BCUT2D eigenvalue weighted by Crippen LogP contribution is 2.22.